The Morgan fingerprint density at radius 2 is 1.91 bits per heavy atom. The van der Waals surface area contributed by atoms with Gasteiger partial charge in [0.05, 0.1) is 29.2 Å². The maximum atomic E-state index is 14.0. The van der Waals surface area contributed by atoms with Crippen molar-refractivity contribution < 1.29 is 28.7 Å². The summed E-state index contributed by atoms with van der Waals surface area (Å²) in [5.41, 5.74) is -0.274. The number of likely N-dealkylation sites (tertiary alicyclic amines) is 2. The number of nitro benzene ring substituents is 1. The smallest absolute Gasteiger partial charge is 0.295 e. The molecule has 1 amide bonds. The number of hydrogen-bond acceptors (Lipinski definition) is 7. The number of ether oxygens (including phenoxy) is 1. The van der Waals surface area contributed by atoms with E-state index >= 15 is 0 Å². The van der Waals surface area contributed by atoms with Gasteiger partial charge in [0.25, 0.3) is 17.4 Å². The van der Waals surface area contributed by atoms with Crippen LogP contribution in [0.1, 0.15) is 30.0 Å². The zero-order valence-corrected chi connectivity index (χ0v) is 18.6. The minimum Gasteiger partial charge on any atom is -0.507 e. The van der Waals surface area contributed by atoms with Gasteiger partial charge in [-0.2, -0.15) is 0 Å². The van der Waals surface area contributed by atoms with Crippen LogP contribution in [-0.4, -0.2) is 64.8 Å². The standard InChI is InChI=1S/C24H24FN3O6/c1-34-19-8-7-16(25)14-18(19)22(29)20-21(15-5-4-6-17(13-15)28(32)33)27(24(31)23(20)30)12-11-26-9-2-3-10-26/h4-8,13-14,21,29H,2-3,9-12H2,1H3/b22-20+. The number of halogens is 1. The number of nitro groups is 1. The van der Waals surface area contributed by atoms with Crippen molar-refractivity contribution in [3.8, 4) is 5.75 Å². The average Bonchev–Trinajstić information content (AvgIpc) is 3.44. The van der Waals surface area contributed by atoms with E-state index in [1.165, 1.54) is 36.3 Å². The molecule has 1 N–H and O–H groups in total. The second-order valence-electron chi connectivity index (χ2n) is 8.24. The van der Waals surface area contributed by atoms with Crippen LogP contribution < -0.4 is 4.74 Å². The summed E-state index contributed by atoms with van der Waals surface area (Å²) in [5, 5.41) is 22.5. The fourth-order valence-electron chi connectivity index (χ4n) is 4.53. The Balaban J connectivity index is 1.85. The molecule has 0 saturated carbocycles. The second kappa shape index (κ2) is 9.60. The predicted molar refractivity (Wildman–Crippen MR) is 121 cm³/mol. The maximum absolute atomic E-state index is 14.0. The number of ketones is 1. The van der Waals surface area contributed by atoms with Gasteiger partial charge in [-0.3, -0.25) is 19.7 Å². The van der Waals surface area contributed by atoms with Gasteiger partial charge in [0.15, 0.2) is 0 Å². The van der Waals surface area contributed by atoms with Gasteiger partial charge in [0, 0.05) is 25.2 Å². The van der Waals surface area contributed by atoms with E-state index in [4.69, 9.17) is 4.74 Å². The second-order valence-corrected chi connectivity index (χ2v) is 8.24. The minimum absolute atomic E-state index is 0.0875. The van der Waals surface area contributed by atoms with Gasteiger partial charge in [-0.1, -0.05) is 12.1 Å². The molecule has 2 aliphatic rings. The first-order chi connectivity index (χ1) is 16.3. The van der Waals surface area contributed by atoms with E-state index in [-0.39, 0.29) is 29.1 Å². The molecule has 4 rings (SSSR count). The summed E-state index contributed by atoms with van der Waals surface area (Å²) in [6.07, 6.45) is 2.10. The van der Waals surface area contributed by atoms with Gasteiger partial charge in [-0.15, -0.1) is 0 Å². The van der Waals surface area contributed by atoms with Gasteiger partial charge in [0.1, 0.15) is 17.3 Å². The van der Waals surface area contributed by atoms with Crippen molar-refractivity contribution >= 4 is 23.1 Å². The van der Waals surface area contributed by atoms with Crippen LogP contribution in [-0.2, 0) is 9.59 Å². The Kier molecular flexibility index (Phi) is 6.60. The van der Waals surface area contributed by atoms with Crippen LogP contribution in [0, 0.1) is 15.9 Å². The van der Waals surface area contributed by atoms with E-state index < -0.39 is 34.2 Å². The minimum atomic E-state index is -1.07. The van der Waals surface area contributed by atoms with Crippen molar-refractivity contribution in [2.24, 2.45) is 0 Å². The highest BCUT2D eigenvalue weighted by molar-refractivity contribution is 6.46. The number of amides is 1. The maximum Gasteiger partial charge on any atom is 0.295 e. The molecule has 2 aromatic carbocycles. The van der Waals surface area contributed by atoms with Crippen molar-refractivity contribution in [3.05, 3.63) is 75.1 Å². The summed E-state index contributed by atoms with van der Waals surface area (Å²) >= 11 is 0. The number of hydrogen-bond donors (Lipinski definition) is 1. The number of non-ortho nitro benzene ring substituents is 1. The number of carbonyl (C=O) groups is 2. The number of nitrogens with zero attached hydrogens (tertiary/aromatic N) is 3. The fourth-order valence-corrected chi connectivity index (χ4v) is 4.53. The first-order valence-electron chi connectivity index (χ1n) is 10.9. The third-order valence-electron chi connectivity index (χ3n) is 6.21. The molecule has 2 saturated heterocycles. The van der Waals surface area contributed by atoms with Crippen LogP contribution in [0.5, 0.6) is 5.75 Å². The van der Waals surface area contributed by atoms with Gasteiger partial charge in [-0.05, 0) is 49.7 Å². The van der Waals surface area contributed by atoms with E-state index in [1.807, 2.05) is 0 Å². The molecule has 0 aromatic heterocycles. The third-order valence-corrected chi connectivity index (χ3v) is 6.21. The predicted octanol–water partition coefficient (Wildman–Crippen LogP) is 3.26. The van der Waals surface area contributed by atoms with Crippen LogP contribution in [0.2, 0.25) is 0 Å². The summed E-state index contributed by atoms with van der Waals surface area (Å²) in [6, 6.07) is 7.97. The van der Waals surface area contributed by atoms with Crippen LogP contribution in [0.25, 0.3) is 5.76 Å². The molecule has 9 nitrogen and oxygen atoms in total. The Morgan fingerprint density at radius 1 is 1.18 bits per heavy atom. The Hall–Kier alpha value is -3.79. The lowest BCUT2D eigenvalue weighted by atomic mass is 9.94. The molecule has 10 heteroatoms. The molecule has 2 aliphatic heterocycles. The molecule has 2 aromatic rings. The van der Waals surface area contributed by atoms with Crippen molar-refractivity contribution in [3.63, 3.8) is 0 Å². The topological polar surface area (TPSA) is 113 Å². The third kappa shape index (κ3) is 4.36. The summed E-state index contributed by atoms with van der Waals surface area (Å²) in [5.74, 6) is -2.93. The highest BCUT2D eigenvalue weighted by atomic mass is 19.1. The molecule has 178 valence electrons. The highest BCUT2D eigenvalue weighted by Gasteiger charge is 2.46. The van der Waals surface area contributed by atoms with Crippen LogP contribution in [0.4, 0.5) is 10.1 Å². The van der Waals surface area contributed by atoms with Gasteiger partial charge >= 0.3 is 0 Å². The average molecular weight is 469 g/mol. The molecular formula is C24H24FN3O6. The number of Topliss-reactive ketones (excluding diaryl/α,β-unsaturated/α-hetero) is 1. The summed E-state index contributed by atoms with van der Waals surface area (Å²) < 4.78 is 19.2. The monoisotopic (exact) mass is 469 g/mol. The normalized spacial score (nSPS) is 20.2. The van der Waals surface area contributed by atoms with Gasteiger partial charge < -0.3 is 19.6 Å². The number of benzene rings is 2. The Bertz CT molecular complexity index is 1180. The molecule has 0 radical (unpaired) electrons. The van der Waals surface area contributed by atoms with E-state index in [0.717, 1.165) is 38.1 Å². The molecule has 0 spiro atoms. The van der Waals surface area contributed by atoms with E-state index in [2.05, 4.69) is 4.90 Å². The van der Waals surface area contributed by atoms with Crippen molar-refractivity contribution in [1.82, 2.24) is 9.80 Å². The summed E-state index contributed by atoms with van der Waals surface area (Å²) in [4.78, 5) is 40.5. The van der Waals surface area contributed by atoms with E-state index in [9.17, 15) is 29.2 Å². The summed E-state index contributed by atoms with van der Waals surface area (Å²) in [6.45, 7) is 2.47. The number of aliphatic hydroxyl groups excluding tert-OH is 1. The first kappa shape index (κ1) is 23.4. The largest absolute Gasteiger partial charge is 0.507 e. The fraction of sp³-hybridized carbons (Fsp3) is 0.333. The van der Waals surface area contributed by atoms with Crippen molar-refractivity contribution in [2.45, 2.75) is 18.9 Å². The van der Waals surface area contributed by atoms with Crippen LogP contribution >= 0.6 is 0 Å². The first-order valence-corrected chi connectivity index (χ1v) is 10.9. The number of aliphatic hydroxyl groups is 1. The number of carbonyl (C=O) groups excluding carboxylic acids is 2. The molecule has 1 unspecified atom stereocenters. The molecule has 2 heterocycles. The molecule has 0 aliphatic carbocycles. The molecule has 2 fully saturated rings. The highest BCUT2D eigenvalue weighted by Crippen LogP contribution is 2.41. The molecule has 0 bridgehead atoms. The molecule has 34 heavy (non-hydrogen) atoms. The Morgan fingerprint density at radius 3 is 2.59 bits per heavy atom. The SMILES string of the molecule is COc1ccc(F)cc1/C(O)=C1\C(=O)C(=O)N(CCN2CCCC2)C1c1cccc([N+](=O)[O-])c1. The lowest BCUT2D eigenvalue weighted by Gasteiger charge is -2.27. The lowest BCUT2D eigenvalue weighted by Crippen LogP contribution is -2.37. The van der Waals surface area contributed by atoms with Crippen LogP contribution in [0.3, 0.4) is 0 Å². The van der Waals surface area contributed by atoms with Crippen molar-refractivity contribution in [2.75, 3.05) is 33.3 Å². The van der Waals surface area contributed by atoms with E-state index in [0.29, 0.717) is 12.1 Å². The van der Waals surface area contributed by atoms with Crippen LogP contribution in [0.15, 0.2) is 48.0 Å². The van der Waals surface area contributed by atoms with Crippen molar-refractivity contribution in [1.29, 1.82) is 0 Å². The quantitative estimate of drug-likeness (QED) is 0.218. The Labute approximate surface area is 195 Å². The zero-order valence-electron chi connectivity index (χ0n) is 18.6. The number of methoxy groups -OCH3 is 1. The van der Waals surface area contributed by atoms with Gasteiger partial charge in [-0.25, -0.2) is 4.39 Å². The van der Waals surface area contributed by atoms with Gasteiger partial charge in [0.2, 0.25) is 0 Å². The lowest BCUT2D eigenvalue weighted by molar-refractivity contribution is -0.384. The molecule has 1 atom stereocenters. The summed E-state index contributed by atoms with van der Waals surface area (Å²) in [7, 11) is 1.33. The van der Waals surface area contributed by atoms with E-state index in [1.54, 1.807) is 6.07 Å². The zero-order chi connectivity index (χ0) is 24.4. The number of rotatable bonds is 7. The molecular weight excluding hydrogens is 445 g/mol.